The molecule has 7 nitrogen and oxygen atoms in total. The Labute approximate surface area is 151 Å². The van der Waals surface area contributed by atoms with Gasteiger partial charge in [0.1, 0.15) is 0 Å². The zero-order valence-corrected chi connectivity index (χ0v) is 14.4. The monoisotopic (exact) mass is 351 g/mol. The van der Waals surface area contributed by atoms with Gasteiger partial charge in [0.25, 0.3) is 0 Å². The number of aliphatic carboxylic acids is 1. The molecule has 134 valence electrons. The number of rotatable bonds is 5. The zero-order chi connectivity index (χ0) is 18.0. The number of hydrogen-bond donors (Lipinski definition) is 1. The van der Waals surface area contributed by atoms with Crippen molar-refractivity contribution in [3.8, 4) is 5.69 Å². The lowest BCUT2D eigenvalue weighted by Crippen LogP contribution is -2.51. The van der Waals surface area contributed by atoms with Gasteiger partial charge in [-0.05, 0) is 42.7 Å². The smallest absolute Gasteiger partial charge is 0.331 e. The molecule has 7 heteroatoms. The number of carbonyl (C=O) groups is 1. The molecule has 1 saturated heterocycles. The van der Waals surface area contributed by atoms with E-state index in [2.05, 4.69) is 39.4 Å². The van der Waals surface area contributed by atoms with Crippen LogP contribution in [0, 0.1) is 0 Å². The molecule has 0 spiro atoms. The molecule has 2 aromatic heterocycles. The summed E-state index contributed by atoms with van der Waals surface area (Å²) in [6, 6.07) is 12.0. The summed E-state index contributed by atoms with van der Waals surface area (Å²) in [5.41, 5.74) is 1.31. The van der Waals surface area contributed by atoms with Crippen LogP contribution in [0.4, 0.5) is 0 Å². The summed E-state index contributed by atoms with van der Waals surface area (Å²) in [4.78, 5) is 14.2. The molecule has 0 bridgehead atoms. The van der Waals surface area contributed by atoms with Crippen molar-refractivity contribution in [2.24, 2.45) is 0 Å². The van der Waals surface area contributed by atoms with E-state index < -0.39 is 11.5 Å². The average molecular weight is 351 g/mol. The highest BCUT2D eigenvalue weighted by atomic mass is 16.4. The summed E-state index contributed by atoms with van der Waals surface area (Å²) in [6.45, 7) is 2.27. The van der Waals surface area contributed by atoms with E-state index in [-0.39, 0.29) is 0 Å². The molecule has 1 N–H and O–H groups in total. The lowest BCUT2D eigenvalue weighted by molar-refractivity contribution is -0.151. The molecular weight excluding hydrogens is 330 g/mol. The van der Waals surface area contributed by atoms with Crippen molar-refractivity contribution in [1.29, 1.82) is 0 Å². The predicted octanol–water partition coefficient (Wildman–Crippen LogP) is 2.14. The maximum Gasteiger partial charge on any atom is 0.331 e. The number of nitrogens with zero attached hydrogens (tertiary/aromatic N) is 5. The predicted molar refractivity (Wildman–Crippen MR) is 95.9 cm³/mol. The Bertz CT molecular complexity index is 848. The molecule has 4 rings (SSSR count). The van der Waals surface area contributed by atoms with E-state index in [9.17, 15) is 9.90 Å². The van der Waals surface area contributed by atoms with Gasteiger partial charge in [0, 0.05) is 44.4 Å². The molecule has 0 unspecified atom stereocenters. The van der Waals surface area contributed by atoms with E-state index in [1.807, 2.05) is 16.9 Å². The Hall–Kier alpha value is -2.93. The van der Waals surface area contributed by atoms with Crippen LogP contribution in [0.3, 0.4) is 0 Å². The highest BCUT2D eigenvalue weighted by Crippen LogP contribution is 2.30. The molecule has 26 heavy (non-hydrogen) atoms. The number of aromatic nitrogens is 4. The summed E-state index contributed by atoms with van der Waals surface area (Å²) in [6.07, 6.45) is 8.16. The summed E-state index contributed by atoms with van der Waals surface area (Å²) >= 11 is 0. The van der Waals surface area contributed by atoms with Crippen LogP contribution in [0.1, 0.15) is 18.4 Å². The van der Waals surface area contributed by atoms with Crippen LogP contribution in [-0.2, 0) is 16.9 Å². The van der Waals surface area contributed by atoms with Gasteiger partial charge in [-0.15, -0.1) is 0 Å². The van der Waals surface area contributed by atoms with E-state index in [4.69, 9.17) is 0 Å². The Balaban J connectivity index is 1.41. The molecule has 3 heterocycles. The Kier molecular flexibility index (Phi) is 4.30. The average Bonchev–Trinajstić information content (AvgIpc) is 3.37. The lowest BCUT2D eigenvalue weighted by atomic mass is 9.87. The maximum absolute atomic E-state index is 11.9. The number of carboxylic acid groups (broad SMARTS) is 1. The molecule has 0 amide bonds. The first-order valence-electron chi connectivity index (χ1n) is 8.72. The van der Waals surface area contributed by atoms with Gasteiger partial charge in [-0.2, -0.15) is 10.2 Å². The molecular formula is C19H21N5O2. The van der Waals surface area contributed by atoms with Crippen LogP contribution in [0.25, 0.3) is 5.69 Å². The molecule has 0 aliphatic carbocycles. The molecule has 1 aliphatic rings. The van der Waals surface area contributed by atoms with E-state index in [0.29, 0.717) is 12.8 Å². The zero-order valence-electron chi connectivity index (χ0n) is 14.4. The maximum atomic E-state index is 11.9. The SMILES string of the molecule is O=C(O)C1(n2cccn2)CCN(Cc2ccc(-n3cccn3)cc2)CC1. The van der Waals surface area contributed by atoms with Gasteiger partial charge in [0.2, 0.25) is 0 Å². The van der Waals surface area contributed by atoms with Gasteiger partial charge in [-0.3, -0.25) is 9.58 Å². The first kappa shape index (κ1) is 16.5. The third-order valence-electron chi connectivity index (χ3n) is 5.14. The second-order valence-corrected chi connectivity index (χ2v) is 6.68. The quantitative estimate of drug-likeness (QED) is 0.762. The molecule has 1 aliphatic heterocycles. The third kappa shape index (κ3) is 3.01. The van der Waals surface area contributed by atoms with Gasteiger partial charge in [0.15, 0.2) is 5.54 Å². The van der Waals surface area contributed by atoms with Crippen molar-refractivity contribution in [3.05, 3.63) is 66.7 Å². The van der Waals surface area contributed by atoms with Gasteiger partial charge >= 0.3 is 5.97 Å². The highest BCUT2D eigenvalue weighted by molar-refractivity contribution is 5.76. The lowest BCUT2D eigenvalue weighted by Gasteiger charge is -2.39. The normalized spacial score (nSPS) is 17.2. The highest BCUT2D eigenvalue weighted by Gasteiger charge is 2.43. The van der Waals surface area contributed by atoms with Crippen LogP contribution in [0.15, 0.2) is 61.2 Å². The van der Waals surface area contributed by atoms with Crippen molar-refractivity contribution in [2.75, 3.05) is 13.1 Å². The van der Waals surface area contributed by atoms with E-state index in [0.717, 1.165) is 25.3 Å². The van der Waals surface area contributed by atoms with Gasteiger partial charge < -0.3 is 5.11 Å². The van der Waals surface area contributed by atoms with Crippen molar-refractivity contribution >= 4 is 5.97 Å². The molecule has 0 radical (unpaired) electrons. The van der Waals surface area contributed by atoms with Crippen LogP contribution in [0.2, 0.25) is 0 Å². The topological polar surface area (TPSA) is 76.2 Å². The van der Waals surface area contributed by atoms with Gasteiger partial charge in [0.05, 0.1) is 5.69 Å². The largest absolute Gasteiger partial charge is 0.479 e. The summed E-state index contributed by atoms with van der Waals surface area (Å²) in [7, 11) is 0. The molecule has 3 aromatic rings. The first-order valence-corrected chi connectivity index (χ1v) is 8.72. The first-order chi connectivity index (χ1) is 12.7. The van der Waals surface area contributed by atoms with Crippen molar-refractivity contribution in [2.45, 2.75) is 24.9 Å². The minimum Gasteiger partial charge on any atom is -0.479 e. The fourth-order valence-electron chi connectivity index (χ4n) is 3.58. The van der Waals surface area contributed by atoms with Crippen molar-refractivity contribution in [1.82, 2.24) is 24.5 Å². The van der Waals surface area contributed by atoms with E-state index >= 15 is 0 Å². The molecule has 0 saturated carbocycles. The number of likely N-dealkylation sites (tertiary alicyclic amines) is 1. The number of benzene rings is 1. The van der Waals surface area contributed by atoms with Crippen LogP contribution in [-0.4, -0.2) is 48.6 Å². The fraction of sp³-hybridized carbons (Fsp3) is 0.316. The molecule has 1 fully saturated rings. The minimum absolute atomic E-state index is 0.551. The van der Waals surface area contributed by atoms with Crippen LogP contribution >= 0.6 is 0 Å². The minimum atomic E-state index is -0.927. The number of carboxylic acids is 1. The second kappa shape index (κ2) is 6.76. The van der Waals surface area contributed by atoms with Crippen LogP contribution < -0.4 is 0 Å². The summed E-state index contributed by atoms with van der Waals surface area (Å²) in [5.74, 6) is -0.801. The van der Waals surface area contributed by atoms with Crippen molar-refractivity contribution in [3.63, 3.8) is 0 Å². The van der Waals surface area contributed by atoms with Crippen molar-refractivity contribution < 1.29 is 9.90 Å². The second-order valence-electron chi connectivity index (χ2n) is 6.68. The summed E-state index contributed by atoms with van der Waals surface area (Å²) < 4.78 is 3.43. The Morgan fingerprint density at radius 2 is 1.73 bits per heavy atom. The standard InChI is InChI=1S/C19H21N5O2/c25-18(26)19(24-12-2-10-21-24)7-13-22(14-8-19)15-16-3-5-17(6-4-16)23-11-1-9-20-23/h1-6,9-12H,7-8,13-15H2,(H,25,26). The molecule has 1 aromatic carbocycles. The number of piperidine rings is 1. The Morgan fingerprint density at radius 3 is 2.31 bits per heavy atom. The Morgan fingerprint density at radius 1 is 1.04 bits per heavy atom. The number of hydrogen-bond acceptors (Lipinski definition) is 4. The van der Waals surface area contributed by atoms with Gasteiger partial charge in [-0.25, -0.2) is 9.48 Å². The van der Waals surface area contributed by atoms with Gasteiger partial charge in [-0.1, -0.05) is 12.1 Å². The van der Waals surface area contributed by atoms with E-state index in [1.165, 1.54) is 5.56 Å². The fourth-order valence-corrected chi connectivity index (χ4v) is 3.58. The molecule has 0 atom stereocenters. The van der Waals surface area contributed by atoms with Crippen LogP contribution in [0.5, 0.6) is 0 Å². The van der Waals surface area contributed by atoms with E-state index in [1.54, 1.807) is 29.3 Å². The summed E-state index contributed by atoms with van der Waals surface area (Å²) in [5, 5.41) is 18.2. The third-order valence-corrected chi connectivity index (χ3v) is 5.14.